The number of aromatic amines is 1. The van der Waals surface area contributed by atoms with Gasteiger partial charge in [0.1, 0.15) is 5.65 Å². The molecule has 0 fully saturated rings. The summed E-state index contributed by atoms with van der Waals surface area (Å²) in [5, 5.41) is 3.55. The molecule has 0 atom stereocenters. The van der Waals surface area contributed by atoms with Gasteiger partial charge < -0.3 is 20.8 Å². The Morgan fingerprint density at radius 2 is 2.32 bits per heavy atom. The Morgan fingerprint density at radius 1 is 1.53 bits per heavy atom. The minimum absolute atomic E-state index is 0.0734. The van der Waals surface area contributed by atoms with E-state index < -0.39 is 6.09 Å². The van der Waals surface area contributed by atoms with Gasteiger partial charge in [-0.1, -0.05) is 0 Å². The van der Waals surface area contributed by atoms with Crippen LogP contribution < -0.4 is 15.8 Å². The van der Waals surface area contributed by atoms with Crippen molar-refractivity contribution in [1.82, 2.24) is 15.3 Å². The molecule has 0 saturated heterocycles. The Bertz CT molecular complexity index is 620. The average molecular weight is 262 g/mol. The molecular formula is C12H14N4O3. The van der Waals surface area contributed by atoms with Crippen LogP contribution in [0.25, 0.3) is 11.0 Å². The van der Waals surface area contributed by atoms with Gasteiger partial charge in [0.15, 0.2) is 5.75 Å². The van der Waals surface area contributed by atoms with Crippen LogP contribution in [-0.4, -0.2) is 28.5 Å². The zero-order chi connectivity index (χ0) is 13.8. The van der Waals surface area contributed by atoms with E-state index in [1.165, 1.54) is 13.1 Å². The Kier molecular flexibility index (Phi) is 3.65. The fourth-order valence-electron chi connectivity index (χ4n) is 1.79. The van der Waals surface area contributed by atoms with Gasteiger partial charge in [0.2, 0.25) is 5.91 Å². The van der Waals surface area contributed by atoms with Crippen LogP contribution in [-0.2, 0) is 11.2 Å². The molecule has 19 heavy (non-hydrogen) atoms. The first-order valence-electron chi connectivity index (χ1n) is 5.74. The molecule has 2 aromatic heterocycles. The number of ether oxygens (including phenoxy) is 1. The normalized spacial score (nSPS) is 10.4. The second-order valence-corrected chi connectivity index (χ2v) is 4.04. The van der Waals surface area contributed by atoms with Crippen molar-refractivity contribution >= 4 is 23.0 Å². The molecule has 0 saturated carbocycles. The molecule has 7 nitrogen and oxygen atoms in total. The molecule has 2 rings (SSSR count). The smallest absolute Gasteiger partial charge is 0.409 e. The summed E-state index contributed by atoms with van der Waals surface area (Å²) >= 11 is 0. The largest absolute Gasteiger partial charge is 0.410 e. The van der Waals surface area contributed by atoms with E-state index in [1.807, 2.05) is 6.20 Å². The van der Waals surface area contributed by atoms with Crippen molar-refractivity contribution in [1.29, 1.82) is 0 Å². The number of primary amides is 1. The summed E-state index contributed by atoms with van der Waals surface area (Å²) in [6.07, 6.45) is 3.01. The lowest BCUT2D eigenvalue weighted by molar-refractivity contribution is -0.118. The predicted octanol–water partition coefficient (Wildman–Crippen LogP) is 0.699. The number of hydrogen-bond acceptors (Lipinski definition) is 4. The van der Waals surface area contributed by atoms with Crippen LogP contribution in [0.15, 0.2) is 18.5 Å². The first-order chi connectivity index (χ1) is 9.06. The van der Waals surface area contributed by atoms with Crippen LogP contribution in [0.2, 0.25) is 0 Å². The number of H-pyrrole nitrogens is 1. The number of nitrogens with one attached hydrogen (secondary N) is 2. The highest BCUT2D eigenvalue weighted by Gasteiger charge is 2.08. The molecule has 100 valence electrons. The second kappa shape index (κ2) is 5.38. The number of amides is 2. The molecule has 4 N–H and O–H groups in total. The number of rotatable bonds is 4. The maximum atomic E-state index is 10.8. The Balaban J connectivity index is 2.19. The zero-order valence-corrected chi connectivity index (χ0v) is 10.4. The molecule has 0 aliphatic carbocycles. The topological polar surface area (TPSA) is 110 Å². The highest BCUT2D eigenvalue weighted by molar-refractivity contribution is 5.82. The SMILES string of the molecule is CC(=O)NCCc1c[nH]c2ncc(OC(N)=O)cc12. The van der Waals surface area contributed by atoms with E-state index in [-0.39, 0.29) is 5.91 Å². The molecule has 7 heteroatoms. The monoisotopic (exact) mass is 262 g/mol. The predicted molar refractivity (Wildman–Crippen MR) is 68.7 cm³/mol. The van der Waals surface area contributed by atoms with Crippen molar-refractivity contribution in [2.75, 3.05) is 6.54 Å². The van der Waals surface area contributed by atoms with Gasteiger partial charge in [-0.15, -0.1) is 0 Å². The van der Waals surface area contributed by atoms with Gasteiger partial charge in [0.25, 0.3) is 0 Å². The van der Waals surface area contributed by atoms with Crippen LogP contribution in [0.3, 0.4) is 0 Å². The molecular weight excluding hydrogens is 248 g/mol. The first-order valence-corrected chi connectivity index (χ1v) is 5.74. The number of nitrogens with zero attached hydrogens (tertiary/aromatic N) is 1. The summed E-state index contributed by atoms with van der Waals surface area (Å²) in [4.78, 5) is 28.6. The second-order valence-electron chi connectivity index (χ2n) is 4.04. The van der Waals surface area contributed by atoms with Crippen LogP contribution in [0.4, 0.5) is 4.79 Å². The number of fused-ring (bicyclic) bond motifs is 1. The van der Waals surface area contributed by atoms with Gasteiger partial charge in [0, 0.05) is 25.1 Å². The van der Waals surface area contributed by atoms with Crippen LogP contribution in [0.5, 0.6) is 5.75 Å². The van der Waals surface area contributed by atoms with Crippen molar-refractivity contribution in [2.24, 2.45) is 5.73 Å². The number of carbonyl (C=O) groups is 2. The summed E-state index contributed by atoms with van der Waals surface area (Å²) in [7, 11) is 0. The van der Waals surface area contributed by atoms with Crippen LogP contribution in [0.1, 0.15) is 12.5 Å². The summed E-state index contributed by atoms with van der Waals surface area (Å²) < 4.78 is 4.78. The maximum Gasteiger partial charge on any atom is 0.410 e. The van der Waals surface area contributed by atoms with Crippen molar-refractivity contribution < 1.29 is 14.3 Å². The quantitative estimate of drug-likeness (QED) is 0.753. The average Bonchev–Trinajstić information content (AvgIpc) is 2.71. The van der Waals surface area contributed by atoms with Crippen LogP contribution in [0, 0.1) is 0 Å². The number of hydrogen-bond donors (Lipinski definition) is 3. The minimum Gasteiger partial charge on any atom is -0.409 e. The lowest BCUT2D eigenvalue weighted by atomic mass is 10.1. The molecule has 2 heterocycles. The number of nitrogens with two attached hydrogens (primary N) is 1. The van der Waals surface area contributed by atoms with E-state index in [0.717, 1.165) is 10.9 Å². The third kappa shape index (κ3) is 3.21. The van der Waals surface area contributed by atoms with Gasteiger partial charge in [-0.05, 0) is 18.1 Å². The Morgan fingerprint density at radius 3 is 3.00 bits per heavy atom. The molecule has 2 amide bonds. The lowest BCUT2D eigenvalue weighted by Crippen LogP contribution is -2.22. The molecule has 0 radical (unpaired) electrons. The van der Waals surface area contributed by atoms with Crippen LogP contribution >= 0.6 is 0 Å². The van der Waals surface area contributed by atoms with Gasteiger partial charge in [-0.3, -0.25) is 4.79 Å². The van der Waals surface area contributed by atoms with E-state index in [0.29, 0.717) is 24.4 Å². The standard InChI is InChI=1S/C12H14N4O3/c1-7(17)14-3-2-8-5-15-11-10(8)4-9(6-16-11)19-12(13)18/h4-6H,2-3H2,1H3,(H2,13,18)(H,14,17)(H,15,16). The molecule has 0 aromatic carbocycles. The highest BCUT2D eigenvalue weighted by Crippen LogP contribution is 2.21. The zero-order valence-electron chi connectivity index (χ0n) is 10.4. The van der Waals surface area contributed by atoms with E-state index >= 15 is 0 Å². The van der Waals surface area contributed by atoms with Crippen molar-refractivity contribution in [3.05, 3.63) is 24.0 Å². The first kappa shape index (κ1) is 12.9. The third-order valence-electron chi connectivity index (χ3n) is 2.58. The summed E-state index contributed by atoms with van der Waals surface area (Å²) in [6, 6.07) is 1.69. The summed E-state index contributed by atoms with van der Waals surface area (Å²) in [5.41, 5.74) is 6.62. The fourth-order valence-corrected chi connectivity index (χ4v) is 1.79. The minimum atomic E-state index is -0.878. The van der Waals surface area contributed by atoms with Gasteiger partial charge >= 0.3 is 6.09 Å². The Hall–Kier alpha value is -2.57. The molecule has 0 aliphatic heterocycles. The van der Waals surface area contributed by atoms with Crippen molar-refractivity contribution in [2.45, 2.75) is 13.3 Å². The molecule has 2 aromatic rings. The number of aromatic nitrogens is 2. The van der Waals surface area contributed by atoms with E-state index in [2.05, 4.69) is 15.3 Å². The highest BCUT2D eigenvalue weighted by atomic mass is 16.5. The number of carbonyl (C=O) groups excluding carboxylic acids is 2. The molecule has 0 unspecified atom stereocenters. The van der Waals surface area contributed by atoms with E-state index in [9.17, 15) is 9.59 Å². The molecule has 0 bridgehead atoms. The van der Waals surface area contributed by atoms with Gasteiger partial charge in [-0.25, -0.2) is 9.78 Å². The lowest BCUT2D eigenvalue weighted by Gasteiger charge is -2.03. The maximum absolute atomic E-state index is 10.8. The van der Waals surface area contributed by atoms with Crippen molar-refractivity contribution in [3.63, 3.8) is 0 Å². The van der Waals surface area contributed by atoms with Gasteiger partial charge in [-0.2, -0.15) is 0 Å². The van der Waals surface area contributed by atoms with E-state index in [1.54, 1.807) is 6.07 Å². The van der Waals surface area contributed by atoms with E-state index in [4.69, 9.17) is 10.5 Å². The van der Waals surface area contributed by atoms with Gasteiger partial charge in [0.05, 0.1) is 6.20 Å². The molecule has 0 spiro atoms. The third-order valence-corrected chi connectivity index (χ3v) is 2.58. The fraction of sp³-hybridized carbons (Fsp3) is 0.250. The van der Waals surface area contributed by atoms with Crippen molar-refractivity contribution in [3.8, 4) is 5.75 Å². The molecule has 0 aliphatic rings. The number of pyridine rings is 1. The summed E-state index contributed by atoms with van der Waals surface area (Å²) in [6.45, 7) is 2.00. The summed E-state index contributed by atoms with van der Waals surface area (Å²) in [5.74, 6) is 0.219. The Labute approximate surface area is 109 Å².